The van der Waals surface area contributed by atoms with E-state index in [0.29, 0.717) is 11.2 Å². The molecule has 1 fully saturated rings. The molecule has 112 valence electrons. The number of rotatable bonds is 3. The molecule has 4 atom stereocenters. The van der Waals surface area contributed by atoms with Gasteiger partial charge in [0.05, 0.1) is 12.1 Å². The third-order valence-corrected chi connectivity index (χ3v) is 3.79. The number of ether oxygens (including phenoxy) is 1. The number of nitrogens with zero attached hydrogens (tertiary/aromatic N) is 2. The number of aromatic nitrogens is 2. The molecular weight excluding hydrogens is 294 g/mol. The highest BCUT2D eigenvalue weighted by molar-refractivity contribution is 7.80. The summed E-state index contributed by atoms with van der Waals surface area (Å²) in [6.45, 7) is -0.405. The van der Waals surface area contributed by atoms with E-state index in [4.69, 9.17) is 27.8 Å². The van der Waals surface area contributed by atoms with Crippen molar-refractivity contribution < 1.29 is 20.1 Å². The van der Waals surface area contributed by atoms with E-state index >= 15 is 0 Å². The second-order valence-electron chi connectivity index (χ2n) is 4.90. The number of fused-ring (bicyclic) bond motifs is 1. The number of hydrogen-bond donors (Lipinski definition) is 4. The number of aliphatic hydroxyl groups is 3. The molecule has 1 aromatic carbocycles. The highest BCUT2D eigenvalue weighted by Crippen LogP contribution is 2.32. The van der Waals surface area contributed by atoms with E-state index in [1.807, 2.05) is 18.2 Å². The molecular formula is C13H15N3O4S. The van der Waals surface area contributed by atoms with Crippen LogP contribution in [0.5, 0.6) is 0 Å². The summed E-state index contributed by atoms with van der Waals surface area (Å²) in [4.78, 5) is 0.112. The maximum Gasteiger partial charge on any atom is 0.179 e. The number of thiocarbonyl (C=S) groups is 1. The monoisotopic (exact) mass is 309 g/mol. The zero-order valence-electron chi connectivity index (χ0n) is 11.0. The van der Waals surface area contributed by atoms with Gasteiger partial charge in [-0.25, -0.2) is 4.68 Å². The van der Waals surface area contributed by atoms with Crippen molar-refractivity contribution in [2.75, 3.05) is 6.61 Å². The fourth-order valence-corrected chi connectivity index (χ4v) is 2.77. The van der Waals surface area contributed by atoms with Crippen LogP contribution in [0.1, 0.15) is 11.9 Å². The fraction of sp³-hybridized carbons (Fsp3) is 0.385. The Balaban J connectivity index is 2.12. The van der Waals surface area contributed by atoms with Crippen LogP contribution >= 0.6 is 12.2 Å². The van der Waals surface area contributed by atoms with Crippen molar-refractivity contribution in [3.05, 3.63) is 30.0 Å². The summed E-state index contributed by atoms with van der Waals surface area (Å²) in [6.07, 6.45) is -4.27. The molecule has 0 bridgehead atoms. The molecule has 0 amide bonds. The summed E-state index contributed by atoms with van der Waals surface area (Å²) >= 11 is 5.06. The molecule has 1 aliphatic rings. The Bertz CT molecular complexity index is 689. The van der Waals surface area contributed by atoms with E-state index in [0.717, 1.165) is 5.39 Å². The molecule has 2 heterocycles. The average molecular weight is 309 g/mol. The van der Waals surface area contributed by atoms with E-state index < -0.39 is 31.1 Å². The quantitative estimate of drug-likeness (QED) is 0.553. The Morgan fingerprint density at radius 2 is 2.05 bits per heavy atom. The van der Waals surface area contributed by atoms with Crippen molar-refractivity contribution in [3.63, 3.8) is 0 Å². The van der Waals surface area contributed by atoms with Crippen molar-refractivity contribution in [2.45, 2.75) is 24.5 Å². The van der Waals surface area contributed by atoms with Crippen LogP contribution in [0.25, 0.3) is 10.9 Å². The van der Waals surface area contributed by atoms with E-state index in [1.165, 1.54) is 4.68 Å². The van der Waals surface area contributed by atoms with Crippen LogP contribution in [0.4, 0.5) is 0 Å². The fourth-order valence-electron chi connectivity index (χ4n) is 2.56. The summed E-state index contributed by atoms with van der Waals surface area (Å²) in [6, 6.07) is 7.25. The lowest BCUT2D eigenvalue weighted by molar-refractivity contribution is -0.0585. The van der Waals surface area contributed by atoms with E-state index in [1.54, 1.807) is 6.07 Å². The molecule has 1 aliphatic heterocycles. The zero-order valence-corrected chi connectivity index (χ0v) is 11.8. The third kappa shape index (κ3) is 2.21. The third-order valence-electron chi connectivity index (χ3n) is 3.60. The van der Waals surface area contributed by atoms with Crippen LogP contribution in [-0.4, -0.2) is 55.0 Å². The van der Waals surface area contributed by atoms with Crippen LogP contribution in [0, 0.1) is 0 Å². The lowest BCUT2D eigenvalue weighted by Crippen LogP contribution is -2.34. The maximum atomic E-state index is 10.1. The topological polar surface area (TPSA) is 114 Å². The molecule has 1 saturated heterocycles. The van der Waals surface area contributed by atoms with Crippen LogP contribution in [0.15, 0.2) is 24.3 Å². The summed E-state index contributed by atoms with van der Waals surface area (Å²) < 4.78 is 6.85. The molecule has 0 unspecified atom stereocenters. The minimum Gasteiger partial charge on any atom is -0.394 e. The SMILES string of the molecule is NC(=S)c1c2ccccc2nn1[C@@H]1O[C@H](CO)[C@@H](O)[C@H]1O. The summed E-state index contributed by atoms with van der Waals surface area (Å²) in [5, 5.41) is 34.2. The molecule has 0 radical (unpaired) electrons. The van der Waals surface area contributed by atoms with Gasteiger partial charge in [-0.15, -0.1) is 0 Å². The van der Waals surface area contributed by atoms with E-state index in [2.05, 4.69) is 5.10 Å². The molecule has 3 rings (SSSR count). The molecule has 1 aromatic heterocycles. The van der Waals surface area contributed by atoms with Gasteiger partial charge < -0.3 is 25.8 Å². The highest BCUT2D eigenvalue weighted by Gasteiger charge is 2.44. The lowest BCUT2D eigenvalue weighted by atomic mass is 10.1. The first-order valence-electron chi connectivity index (χ1n) is 6.44. The Kier molecular flexibility index (Phi) is 3.64. The van der Waals surface area contributed by atoms with Gasteiger partial charge in [-0.3, -0.25) is 0 Å². The summed E-state index contributed by atoms with van der Waals surface area (Å²) in [7, 11) is 0. The van der Waals surface area contributed by atoms with Crippen LogP contribution in [0.3, 0.4) is 0 Å². The highest BCUT2D eigenvalue weighted by atomic mass is 32.1. The van der Waals surface area contributed by atoms with E-state index in [-0.39, 0.29) is 4.99 Å². The predicted molar refractivity (Wildman–Crippen MR) is 78.6 cm³/mol. The molecule has 21 heavy (non-hydrogen) atoms. The van der Waals surface area contributed by atoms with Crippen molar-refractivity contribution in [1.82, 2.24) is 9.78 Å². The number of nitrogens with two attached hydrogens (primary N) is 1. The maximum absolute atomic E-state index is 10.1. The van der Waals surface area contributed by atoms with Crippen molar-refractivity contribution in [3.8, 4) is 0 Å². The van der Waals surface area contributed by atoms with Crippen LogP contribution < -0.4 is 5.73 Å². The van der Waals surface area contributed by atoms with Gasteiger partial charge in [-0.2, -0.15) is 5.10 Å². The van der Waals surface area contributed by atoms with Crippen molar-refractivity contribution >= 4 is 28.1 Å². The largest absolute Gasteiger partial charge is 0.394 e. The first-order valence-corrected chi connectivity index (χ1v) is 6.85. The normalized spacial score (nSPS) is 29.1. The van der Waals surface area contributed by atoms with Gasteiger partial charge in [-0.05, 0) is 6.07 Å². The molecule has 0 saturated carbocycles. The number of benzene rings is 1. The zero-order chi connectivity index (χ0) is 15.1. The number of aliphatic hydroxyl groups excluding tert-OH is 3. The van der Waals surface area contributed by atoms with E-state index in [9.17, 15) is 10.2 Å². The van der Waals surface area contributed by atoms with Gasteiger partial charge in [0, 0.05) is 5.39 Å². The molecule has 7 nitrogen and oxygen atoms in total. The Labute approximate surface area is 125 Å². The van der Waals surface area contributed by atoms with Gasteiger partial charge in [0.25, 0.3) is 0 Å². The average Bonchev–Trinajstić information content (AvgIpc) is 2.98. The van der Waals surface area contributed by atoms with Gasteiger partial charge in [0.2, 0.25) is 0 Å². The Hall–Kier alpha value is -1.58. The summed E-state index contributed by atoms with van der Waals surface area (Å²) in [5.41, 5.74) is 6.87. The first-order chi connectivity index (χ1) is 10.0. The van der Waals surface area contributed by atoms with Crippen molar-refractivity contribution in [1.29, 1.82) is 0 Å². The molecule has 0 aliphatic carbocycles. The molecule has 8 heteroatoms. The summed E-state index contributed by atoms with van der Waals surface area (Å²) in [5.74, 6) is 0. The van der Waals surface area contributed by atoms with Gasteiger partial charge in [-0.1, -0.05) is 30.4 Å². The van der Waals surface area contributed by atoms with Gasteiger partial charge in [0.1, 0.15) is 29.0 Å². The predicted octanol–water partition coefficient (Wildman–Crippen LogP) is -0.718. The molecule has 2 aromatic rings. The lowest BCUT2D eigenvalue weighted by Gasteiger charge is -2.17. The second-order valence-corrected chi connectivity index (χ2v) is 5.34. The van der Waals surface area contributed by atoms with Gasteiger partial charge >= 0.3 is 0 Å². The Morgan fingerprint density at radius 1 is 1.33 bits per heavy atom. The number of hydrogen-bond acceptors (Lipinski definition) is 6. The molecule has 0 spiro atoms. The van der Waals surface area contributed by atoms with Crippen LogP contribution in [0.2, 0.25) is 0 Å². The minimum absolute atomic E-state index is 0.112. The smallest absolute Gasteiger partial charge is 0.179 e. The second kappa shape index (κ2) is 5.32. The first kappa shape index (κ1) is 14.4. The minimum atomic E-state index is -1.23. The molecule has 5 N–H and O–H groups in total. The standard InChI is InChI=1S/C13H15N3O4S/c14-12(21)9-6-3-1-2-4-7(6)15-16(9)13-11(19)10(18)8(5-17)20-13/h1-4,8,10-11,13,17-19H,5H2,(H2,14,21)/t8-,10-,11-,13-/m1/s1. The Morgan fingerprint density at radius 3 is 2.67 bits per heavy atom. The van der Waals surface area contributed by atoms with Crippen molar-refractivity contribution in [2.24, 2.45) is 5.73 Å². The van der Waals surface area contributed by atoms with Crippen LogP contribution in [-0.2, 0) is 4.74 Å². The van der Waals surface area contributed by atoms with Gasteiger partial charge in [0.15, 0.2) is 6.23 Å².